The zero-order valence-electron chi connectivity index (χ0n) is 5.68. The molecule has 0 fully saturated rings. The molecule has 1 aromatic heterocycles. The third-order valence-corrected chi connectivity index (χ3v) is 1.79. The Morgan fingerprint density at radius 2 is 2.33 bits per heavy atom. The Bertz CT molecular complexity index is 181. The van der Waals surface area contributed by atoms with Crippen molar-refractivity contribution in [1.82, 2.24) is 0 Å². The van der Waals surface area contributed by atoms with E-state index < -0.39 is 0 Å². The largest absolute Gasteiger partial charge is 0.455 e. The summed E-state index contributed by atoms with van der Waals surface area (Å²) in [7, 11) is 0. The average Bonchev–Trinajstić information content (AvgIpc) is 2.17. The van der Waals surface area contributed by atoms with Gasteiger partial charge in [0.15, 0.2) is 5.09 Å². The maximum absolute atomic E-state index is 5.29. The van der Waals surface area contributed by atoms with E-state index in [0.717, 1.165) is 16.6 Å². The topological polar surface area (TPSA) is 13.1 Å². The summed E-state index contributed by atoms with van der Waals surface area (Å²) in [6.45, 7) is 4.07. The minimum absolute atomic E-state index is 0.992. The molecule has 0 radical (unpaired) electrons. The molecule has 1 aromatic rings. The van der Waals surface area contributed by atoms with E-state index in [4.69, 9.17) is 4.42 Å². The second kappa shape index (κ2) is 2.97. The van der Waals surface area contributed by atoms with Gasteiger partial charge in [0.2, 0.25) is 0 Å². The lowest BCUT2D eigenvalue weighted by molar-refractivity contribution is 0.449. The molecule has 0 saturated carbocycles. The zero-order chi connectivity index (χ0) is 6.69. The first kappa shape index (κ1) is 6.75. The van der Waals surface area contributed by atoms with Gasteiger partial charge in [-0.1, -0.05) is 18.7 Å². The molecule has 9 heavy (non-hydrogen) atoms. The molecule has 0 unspecified atom stereocenters. The summed E-state index contributed by atoms with van der Waals surface area (Å²) in [6.07, 6.45) is 0. The normalized spacial score (nSPS) is 10.0. The summed E-state index contributed by atoms with van der Waals surface area (Å²) < 4.78 is 5.29. The number of furan rings is 1. The van der Waals surface area contributed by atoms with Crippen LogP contribution in [0.5, 0.6) is 0 Å². The molecular formula is C7H10OS. The first-order valence-corrected chi connectivity index (χ1v) is 4.00. The van der Waals surface area contributed by atoms with Crippen molar-refractivity contribution in [2.45, 2.75) is 18.9 Å². The van der Waals surface area contributed by atoms with E-state index in [1.165, 1.54) is 0 Å². The van der Waals surface area contributed by atoms with Crippen molar-refractivity contribution in [1.29, 1.82) is 0 Å². The number of hydrogen-bond donors (Lipinski definition) is 0. The molecule has 0 atom stereocenters. The van der Waals surface area contributed by atoms with E-state index in [1.807, 2.05) is 19.1 Å². The maximum Gasteiger partial charge on any atom is 0.160 e. The molecule has 0 amide bonds. The Kier molecular flexibility index (Phi) is 2.22. The first-order valence-electron chi connectivity index (χ1n) is 3.02. The lowest BCUT2D eigenvalue weighted by atomic mass is 10.5. The minimum atomic E-state index is 0.992. The predicted octanol–water partition coefficient (Wildman–Crippen LogP) is 2.70. The molecule has 1 heterocycles. The van der Waals surface area contributed by atoms with Gasteiger partial charge in [0.05, 0.1) is 0 Å². The third-order valence-electron chi connectivity index (χ3n) is 1.00. The van der Waals surface area contributed by atoms with Crippen LogP contribution in [0.25, 0.3) is 0 Å². The van der Waals surface area contributed by atoms with Crippen LogP contribution in [0.4, 0.5) is 0 Å². The first-order chi connectivity index (χ1) is 4.33. The Labute approximate surface area is 59.4 Å². The van der Waals surface area contributed by atoms with Gasteiger partial charge in [-0.15, -0.1) is 0 Å². The van der Waals surface area contributed by atoms with Crippen molar-refractivity contribution < 1.29 is 4.42 Å². The molecule has 1 nitrogen and oxygen atoms in total. The van der Waals surface area contributed by atoms with Gasteiger partial charge in [0.25, 0.3) is 0 Å². The zero-order valence-corrected chi connectivity index (χ0v) is 6.49. The van der Waals surface area contributed by atoms with Gasteiger partial charge in [-0.05, 0) is 24.8 Å². The molecule has 0 saturated heterocycles. The molecule has 0 N–H and O–H groups in total. The molecule has 0 aliphatic carbocycles. The lowest BCUT2D eigenvalue weighted by Crippen LogP contribution is -1.63. The molecule has 0 aromatic carbocycles. The van der Waals surface area contributed by atoms with Gasteiger partial charge in [0.1, 0.15) is 5.76 Å². The van der Waals surface area contributed by atoms with Crippen LogP contribution in [-0.2, 0) is 0 Å². The monoisotopic (exact) mass is 142 g/mol. The number of hydrogen-bond acceptors (Lipinski definition) is 2. The summed E-state index contributed by atoms with van der Waals surface area (Å²) in [5, 5.41) is 1.02. The van der Waals surface area contributed by atoms with Crippen LogP contribution in [-0.4, -0.2) is 5.75 Å². The van der Waals surface area contributed by atoms with Crippen LogP contribution < -0.4 is 0 Å². The Balaban J connectivity index is 2.61. The summed E-state index contributed by atoms with van der Waals surface area (Å²) >= 11 is 1.73. The van der Waals surface area contributed by atoms with Gasteiger partial charge in [-0.25, -0.2) is 0 Å². The highest BCUT2D eigenvalue weighted by Crippen LogP contribution is 2.19. The van der Waals surface area contributed by atoms with E-state index in [0.29, 0.717) is 0 Å². The summed E-state index contributed by atoms with van der Waals surface area (Å²) in [5.74, 6) is 2.07. The summed E-state index contributed by atoms with van der Waals surface area (Å²) in [4.78, 5) is 0. The lowest BCUT2D eigenvalue weighted by Gasteiger charge is -1.87. The summed E-state index contributed by atoms with van der Waals surface area (Å²) in [5.41, 5.74) is 0. The highest BCUT2D eigenvalue weighted by atomic mass is 32.2. The smallest absolute Gasteiger partial charge is 0.160 e. The van der Waals surface area contributed by atoms with E-state index in [9.17, 15) is 0 Å². The fraction of sp³-hybridized carbons (Fsp3) is 0.429. The highest BCUT2D eigenvalue weighted by molar-refractivity contribution is 7.99. The van der Waals surface area contributed by atoms with Gasteiger partial charge < -0.3 is 4.42 Å². The van der Waals surface area contributed by atoms with Gasteiger partial charge >= 0.3 is 0 Å². The standard InChI is InChI=1S/C7H10OS/c1-3-9-7-5-4-6(2)8-7/h4-5H,3H2,1-2H3. The Morgan fingerprint density at radius 3 is 2.78 bits per heavy atom. The van der Waals surface area contributed by atoms with Crippen LogP contribution in [0.2, 0.25) is 0 Å². The predicted molar refractivity (Wildman–Crippen MR) is 39.8 cm³/mol. The van der Waals surface area contributed by atoms with Crippen molar-refractivity contribution >= 4 is 11.8 Å². The number of rotatable bonds is 2. The van der Waals surface area contributed by atoms with Gasteiger partial charge in [-0.3, -0.25) is 0 Å². The SMILES string of the molecule is CCSc1ccc(C)o1. The van der Waals surface area contributed by atoms with E-state index >= 15 is 0 Å². The van der Waals surface area contributed by atoms with Crippen molar-refractivity contribution in [3.8, 4) is 0 Å². The van der Waals surface area contributed by atoms with E-state index in [1.54, 1.807) is 11.8 Å². The maximum atomic E-state index is 5.29. The second-order valence-corrected chi connectivity index (χ2v) is 3.07. The fourth-order valence-electron chi connectivity index (χ4n) is 0.632. The molecular weight excluding hydrogens is 132 g/mol. The summed E-state index contributed by atoms with van der Waals surface area (Å²) in [6, 6.07) is 3.99. The van der Waals surface area contributed by atoms with Crippen LogP contribution in [0, 0.1) is 6.92 Å². The van der Waals surface area contributed by atoms with Crippen LogP contribution >= 0.6 is 11.8 Å². The molecule has 0 bridgehead atoms. The van der Waals surface area contributed by atoms with Gasteiger partial charge in [-0.2, -0.15) is 0 Å². The molecule has 50 valence electrons. The number of thioether (sulfide) groups is 1. The highest BCUT2D eigenvalue weighted by Gasteiger charge is 1.94. The molecule has 0 aliphatic rings. The molecule has 0 aliphatic heterocycles. The Morgan fingerprint density at radius 1 is 1.56 bits per heavy atom. The number of aryl methyl sites for hydroxylation is 1. The Hall–Kier alpha value is -0.370. The van der Waals surface area contributed by atoms with Crippen LogP contribution in [0.15, 0.2) is 21.6 Å². The molecule has 0 spiro atoms. The van der Waals surface area contributed by atoms with Gasteiger partial charge in [0, 0.05) is 0 Å². The van der Waals surface area contributed by atoms with Crippen molar-refractivity contribution in [3.63, 3.8) is 0 Å². The van der Waals surface area contributed by atoms with E-state index in [2.05, 4.69) is 6.92 Å². The minimum Gasteiger partial charge on any atom is -0.455 e. The van der Waals surface area contributed by atoms with Crippen molar-refractivity contribution in [2.24, 2.45) is 0 Å². The van der Waals surface area contributed by atoms with Crippen LogP contribution in [0.1, 0.15) is 12.7 Å². The van der Waals surface area contributed by atoms with Crippen molar-refractivity contribution in [2.75, 3.05) is 5.75 Å². The fourth-order valence-corrected chi connectivity index (χ4v) is 1.27. The van der Waals surface area contributed by atoms with E-state index in [-0.39, 0.29) is 0 Å². The second-order valence-electron chi connectivity index (χ2n) is 1.80. The molecule has 2 heteroatoms. The third kappa shape index (κ3) is 1.79. The average molecular weight is 142 g/mol. The quantitative estimate of drug-likeness (QED) is 0.589. The van der Waals surface area contributed by atoms with Crippen molar-refractivity contribution in [3.05, 3.63) is 17.9 Å². The molecule has 1 rings (SSSR count). The van der Waals surface area contributed by atoms with Crippen LogP contribution in [0.3, 0.4) is 0 Å².